The zero-order valence-corrected chi connectivity index (χ0v) is 8.72. The molecule has 0 N–H and O–H groups in total. The molecule has 2 nitrogen and oxygen atoms in total. The third-order valence-electron chi connectivity index (χ3n) is 2.09. The Morgan fingerprint density at radius 3 is 2.44 bits per heavy atom. The fourth-order valence-corrected chi connectivity index (χ4v) is 1.26. The van der Waals surface area contributed by atoms with Crippen LogP contribution >= 0.6 is 0 Å². The molecule has 0 saturated heterocycles. The quantitative estimate of drug-likeness (QED) is 0.772. The Hall–Kier alpha value is -2.04. The van der Waals surface area contributed by atoms with E-state index in [1.165, 1.54) is 0 Å². The molecule has 94 valence electrons. The summed E-state index contributed by atoms with van der Waals surface area (Å²) in [7, 11) is 0. The molecular weight excluding hydrogens is 243 g/mol. The first-order chi connectivity index (χ1) is 11.3. The molecule has 1 aromatic carbocycles. The molecule has 0 bridgehead atoms. The van der Waals surface area contributed by atoms with Crippen molar-refractivity contribution in [3.05, 3.63) is 64.0 Å². The zero-order valence-electron chi connectivity index (χ0n) is 15.7. The number of hydrogen-bond acceptors (Lipinski definition) is 1. The molecular formula is C13H10F3NO. The minimum absolute atomic E-state index is 0.326. The first kappa shape index (κ1) is 6.22. The summed E-state index contributed by atoms with van der Waals surface area (Å²) in [4.78, 5) is 11.9. The SMILES string of the molecule is [2H]c1c([2H])c(C([2H])([2H])[2H])c([2H])c([2H])c1-n1cc(C(F)(F)F)ccc1=O. The summed E-state index contributed by atoms with van der Waals surface area (Å²) < 4.78 is 91.9. The third-order valence-corrected chi connectivity index (χ3v) is 2.09. The average molecular weight is 260 g/mol. The summed E-state index contributed by atoms with van der Waals surface area (Å²) in [5.41, 5.74) is -3.87. The van der Waals surface area contributed by atoms with Gasteiger partial charge in [-0.15, -0.1) is 0 Å². The van der Waals surface area contributed by atoms with Crippen molar-refractivity contribution in [2.75, 3.05) is 0 Å². The lowest BCUT2D eigenvalue weighted by Crippen LogP contribution is -2.19. The molecule has 0 saturated carbocycles. The Morgan fingerprint density at radius 2 is 1.89 bits per heavy atom. The Labute approximate surface area is 111 Å². The molecule has 0 fully saturated rings. The average Bonchev–Trinajstić information content (AvgIpc) is 2.45. The molecule has 2 aromatic rings. The third kappa shape index (κ3) is 2.45. The van der Waals surface area contributed by atoms with Gasteiger partial charge in [0.15, 0.2) is 0 Å². The van der Waals surface area contributed by atoms with Crippen LogP contribution in [0.25, 0.3) is 5.69 Å². The lowest BCUT2D eigenvalue weighted by atomic mass is 10.2. The highest BCUT2D eigenvalue weighted by atomic mass is 19.4. The number of aromatic nitrogens is 1. The van der Waals surface area contributed by atoms with Gasteiger partial charge in [0, 0.05) is 22.1 Å². The Balaban J connectivity index is 2.89. The van der Waals surface area contributed by atoms with E-state index in [-0.39, 0.29) is 0 Å². The van der Waals surface area contributed by atoms with Gasteiger partial charge in [-0.2, -0.15) is 13.2 Å². The Morgan fingerprint density at radius 1 is 1.22 bits per heavy atom. The molecule has 1 heterocycles. The predicted octanol–water partition coefficient (Wildman–Crippen LogP) is 3.16. The highest BCUT2D eigenvalue weighted by molar-refractivity contribution is 5.35. The second kappa shape index (κ2) is 4.33. The van der Waals surface area contributed by atoms with Crippen LogP contribution in [0.15, 0.2) is 47.3 Å². The van der Waals surface area contributed by atoms with E-state index in [4.69, 9.17) is 9.60 Å². The van der Waals surface area contributed by atoms with Gasteiger partial charge in [-0.1, -0.05) is 17.6 Å². The number of halogens is 3. The van der Waals surface area contributed by atoms with E-state index < -0.39 is 59.6 Å². The molecule has 0 aliphatic carbocycles. The highest BCUT2D eigenvalue weighted by Gasteiger charge is 2.31. The fraction of sp³-hybridized carbons (Fsp3) is 0.154. The second-order valence-corrected chi connectivity index (χ2v) is 3.35. The van der Waals surface area contributed by atoms with Gasteiger partial charge < -0.3 is 0 Å². The summed E-state index contributed by atoms with van der Waals surface area (Å²) in [6.45, 7) is -2.96. The van der Waals surface area contributed by atoms with Crippen LogP contribution in [0.2, 0.25) is 0 Å². The molecule has 0 aliphatic heterocycles. The molecule has 0 unspecified atom stereocenters. The Kier molecular flexibility index (Phi) is 1.50. The van der Waals surface area contributed by atoms with Crippen LogP contribution in [0.5, 0.6) is 0 Å². The van der Waals surface area contributed by atoms with Crippen LogP contribution in [0.4, 0.5) is 13.2 Å². The van der Waals surface area contributed by atoms with Gasteiger partial charge >= 0.3 is 6.18 Å². The normalized spacial score (nSPS) is 17.8. The lowest BCUT2D eigenvalue weighted by molar-refractivity contribution is -0.138. The van der Waals surface area contributed by atoms with E-state index in [0.717, 1.165) is 0 Å². The van der Waals surface area contributed by atoms with Crippen molar-refractivity contribution in [2.45, 2.75) is 13.0 Å². The van der Waals surface area contributed by atoms with E-state index in [9.17, 15) is 18.0 Å². The zero-order chi connectivity index (χ0) is 19.3. The predicted molar refractivity (Wildman–Crippen MR) is 61.8 cm³/mol. The van der Waals surface area contributed by atoms with E-state index >= 15 is 0 Å². The van der Waals surface area contributed by atoms with Gasteiger partial charge in [0.1, 0.15) is 0 Å². The number of benzene rings is 1. The van der Waals surface area contributed by atoms with Gasteiger partial charge in [0.05, 0.1) is 11.0 Å². The van der Waals surface area contributed by atoms with Crippen LogP contribution in [-0.4, -0.2) is 4.57 Å². The number of rotatable bonds is 1. The fourth-order valence-electron chi connectivity index (χ4n) is 1.26. The van der Waals surface area contributed by atoms with E-state index in [1.54, 1.807) is 0 Å². The summed E-state index contributed by atoms with van der Waals surface area (Å²) in [5.74, 6) is 0. The molecule has 1 aromatic heterocycles. The van der Waals surface area contributed by atoms with Gasteiger partial charge in [-0.3, -0.25) is 9.36 Å². The van der Waals surface area contributed by atoms with Crippen molar-refractivity contribution in [2.24, 2.45) is 0 Å². The maximum absolute atomic E-state index is 12.8. The van der Waals surface area contributed by atoms with Crippen LogP contribution < -0.4 is 5.56 Å². The maximum atomic E-state index is 12.8. The van der Waals surface area contributed by atoms with Crippen LogP contribution in [0, 0.1) is 6.85 Å². The van der Waals surface area contributed by atoms with Crippen molar-refractivity contribution in [1.29, 1.82) is 0 Å². The van der Waals surface area contributed by atoms with Gasteiger partial charge in [0.2, 0.25) is 0 Å². The topological polar surface area (TPSA) is 22.0 Å². The molecule has 0 atom stereocenters. The van der Waals surface area contributed by atoms with Crippen molar-refractivity contribution in [3.8, 4) is 5.69 Å². The number of pyridine rings is 1. The van der Waals surface area contributed by atoms with E-state index in [2.05, 4.69) is 0 Å². The standard InChI is InChI=1S/C13H10F3NO/c1-9-2-5-11(6-3-9)17-8-10(13(14,15)16)4-7-12(17)18/h2-8H,1H3/i1D3,2D,3D,5D,6D. The first-order valence-corrected chi connectivity index (χ1v) is 4.68. The number of alkyl halides is 3. The summed E-state index contributed by atoms with van der Waals surface area (Å²) in [6.07, 6.45) is -4.45. The van der Waals surface area contributed by atoms with Crippen LogP contribution in [0.1, 0.15) is 20.7 Å². The van der Waals surface area contributed by atoms with Gasteiger partial charge in [0.25, 0.3) is 5.56 Å². The summed E-state index contributed by atoms with van der Waals surface area (Å²) in [5, 5.41) is 0. The van der Waals surface area contributed by atoms with Crippen molar-refractivity contribution >= 4 is 0 Å². The van der Waals surface area contributed by atoms with Gasteiger partial charge in [-0.05, 0) is 25.0 Å². The minimum atomic E-state index is -4.80. The molecule has 2 rings (SSSR count). The minimum Gasteiger partial charge on any atom is -0.284 e. The van der Waals surface area contributed by atoms with Crippen LogP contribution in [-0.2, 0) is 6.18 Å². The molecule has 18 heavy (non-hydrogen) atoms. The van der Waals surface area contributed by atoms with E-state index in [0.29, 0.717) is 22.9 Å². The summed E-state index contributed by atoms with van der Waals surface area (Å²) >= 11 is 0. The van der Waals surface area contributed by atoms with Crippen molar-refractivity contribution < 1.29 is 22.8 Å². The highest BCUT2D eigenvalue weighted by Crippen LogP contribution is 2.28. The van der Waals surface area contributed by atoms with Crippen LogP contribution in [0.3, 0.4) is 0 Å². The largest absolute Gasteiger partial charge is 0.417 e. The molecule has 0 aliphatic rings. The smallest absolute Gasteiger partial charge is 0.284 e. The number of hydrogen-bond donors (Lipinski definition) is 0. The second-order valence-electron chi connectivity index (χ2n) is 3.35. The van der Waals surface area contributed by atoms with Crippen molar-refractivity contribution in [3.63, 3.8) is 0 Å². The van der Waals surface area contributed by atoms with Crippen molar-refractivity contribution in [1.82, 2.24) is 4.57 Å². The molecule has 0 spiro atoms. The molecule has 0 radical (unpaired) electrons. The lowest BCUT2D eigenvalue weighted by Gasteiger charge is -2.10. The van der Waals surface area contributed by atoms with E-state index in [1.807, 2.05) is 0 Å². The molecule has 0 amide bonds. The van der Waals surface area contributed by atoms with Gasteiger partial charge in [-0.25, -0.2) is 0 Å². The molecule has 5 heteroatoms. The maximum Gasteiger partial charge on any atom is 0.417 e. The Bertz CT molecular complexity index is 873. The monoisotopic (exact) mass is 260 g/mol. The number of nitrogens with zero attached hydrogens (tertiary/aromatic N) is 1. The summed E-state index contributed by atoms with van der Waals surface area (Å²) in [6, 6.07) is -2.64. The first-order valence-electron chi connectivity index (χ1n) is 8.18.